The molecule has 0 aliphatic rings. The lowest BCUT2D eigenvalue weighted by Crippen LogP contribution is -2.11. The number of anilines is 1. The van der Waals surface area contributed by atoms with Crippen molar-refractivity contribution in [3.05, 3.63) is 65.2 Å². The maximum Gasteiger partial charge on any atom is 0.338 e. The normalized spacial score (nSPS) is 10.7. The van der Waals surface area contributed by atoms with E-state index in [1.165, 1.54) is 11.1 Å². The summed E-state index contributed by atoms with van der Waals surface area (Å²) in [6.07, 6.45) is -0.0948. The van der Waals surface area contributed by atoms with E-state index in [4.69, 9.17) is 10.5 Å². The van der Waals surface area contributed by atoms with Gasteiger partial charge in [0, 0.05) is 17.2 Å². The molecule has 2 N–H and O–H groups in total. The third-order valence-electron chi connectivity index (χ3n) is 3.05. The second-order valence-corrected chi connectivity index (χ2v) is 6.37. The number of ether oxygens (including phenoxy) is 1. The monoisotopic (exact) mass is 315 g/mol. The molecule has 0 atom stereocenters. The Balaban J connectivity index is 1.83. The van der Waals surface area contributed by atoms with Crippen LogP contribution in [-0.2, 0) is 16.2 Å². The average Bonchev–Trinajstić information content (AvgIpc) is 2.49. The van der Waals surface area contributed by atoms with Crippen molar-refractivity contribution < 1.29 is 9.53 Å². The van der Waals surface area contributed by atoms with Crippen LogP contribution in [0.1, 0.15) is 35.3 Å². The number of hydrogen-bond donors (Lipinski definition) is 1. The van der Waals surface area contributed by atoms with Gasteiger partial charge < -0.3 is 10.5 Å². The minimum absolute atomic E-state index is 0.0948. The van der Waals surface area contributed by atoms with Gasteiger partial charge in [0.2, 0.25) is 0 Å². The predicted octanol–water partition coefficient (Wildman–Crippen LogP) is 4.27. The van der Waals surface area contributed by atoms with Crippen LogP contribution in [0.5, 0.6) is 0 Å². The molecule has 3 nitrogen and oxygen atoms in total. The average molecular weight is 315 g/mol. The predicted molar refractivity (Wildman–Crippen MR) is 92.8 cm³/mol. The SMILES string of the molecule is CC(C)OC(=O)c1ccc(CSCc2ccc(N)cc2)cc1. The van der Waals surface area contributed by atoms with Crippen molar-refractivity contribution in [3.8, 4) is 0 Å². The van der Waals surface area contributed by atoms with E-state index < -0.39 is 0 Å². The lowest BCUT2D eigenvalue weighted by Gasteiger charge is -2.08. The molecule has 0 saturated carbocycles. The molecule has 0 aliphatic carbocycles. The van der Waals surface area contributed by atoms with Crippen molar-refractivity contribution in [1.29, 1.82) is 0 Å². The second-order valence-electron chi connectivity index (χ2n) is 5.39. The van der Waals surface area contributed by atoms with E-state index >= 15 is 0 Å². The molecule has 2 rings (SSSR count). The summed E-state index contributed by atoms with van der Waals surface area (Å²) in [5.74, 6) is 1.58. The summed E-state index contributed by atoms with van der Waals surface area (Å²) < 4.78 is 5.17. The molecule has 0 bridgehead atoms. The maximum atomic E-state index is 11.8. The summed E-state index contributed by atoms with van der Waals surface area (Å²) >= 11 is 1.83. The molecule has 0 amide bonds. The molecule has 0 unspecified atom stereocenters. The summed E-state index contributed by atoms with van der Waals surface area (Å²) in [5.41, 5.74) is 9.51. The number of rotatable bonds is 6. The van der Waals surface area contributed by atoms with E-state index in [0.717, 1.165) is 17.2 Å². The highest BCUT2D eigenvalue weighted by molar-refractivity contribution is 7.97. The zero-order valence-electron chi connectivity index (χ0n) is 12.9. The summed E-state index contributed by atoms with van der Waals surface area (Å²) in [6, 6.07) is 15.5. The fraction of sp³-hybridized carbons (Fsp3) is 0.278. The minimum Gasteiger partial charge on any atom is -0.459 e. The first-order valence-corrected chi connectivity index (χ1v) is 8.42. The van der Waals surface area contributed by atoms with Crippen molar-refractivity contribution in [2.45, 2.75) is 31.5 Å². The van der Waals surface area contributed by atoms with Crippen LogP contribution in [-0.4, -0.2) is 12.1 Å². The van der Waals surface area contributed by atoms with Gasteiger partial charge in [-0.15, -0.1) is 0 Å². The molecular formula is C18H21NO2S. The number of carbonyl (C=O) groups is 1. The van der Waals surface area contributed by atoms with Crippen LogP contribution in [0.3, 0.4) is 0 Å². The van der Waals surface area contributed by atoms with Crippen LogP contribution in [0.4, 0.5) is 5.69 Å². The van der Waals surface area contributed by atoms with E-state index in [0.29, 0.717) is 5.56 Å². The molecule has 4 heteroatoms. The fourth-order valence-corrected chi connectivity index (χ4v) is 2.88. The Kier molecular flexibility index (Phi) is 5.90. The molecule has 22 heavy (non-hydrogen) atoms. The summed E-state index contributed by atoms with van der Waals surface area (Å²) in [6.45, 7) is 3.69. The first kappa shape index (κ1) is 16.4. The quantitative estimate of drug-likeness (QED) is 0.639. The van der Waals surface area contributed by atoms with E-state index in [1.807, 2.05) is 74.1 Å². The molecule has 0 aliphatic heterocycles. The van der Waals surface area contributed by atoms with Gasteiger partial charge in [0.05, 0.1) is 11.7 Å². The molecule has 0 heterocycles. The van der Waals surface area contributed by atoms with Crippen molar-refractivity contribution in [2.75, 3.05) is 5.73 Å². The van der Waals surface area contributed by atoms with Gasteiger partial charge in [-0.1, -0.05) is 24.3 Å². The Labute approximate surface area is 135 Å². The lowest BCUT2D eigenvalue weighted by molar-refractivity contribution is 0.0378. The van der Waals surface area contributed by atoms with E-state index in [2.05, 4.69) is 0 Å². The lowest BCUT2D eigenvalue weighted by atomic mass is 10.1. The van der Waals surface area contributed by atoms with Gasteiger partial charge >= 0.3 is 5.97 Å². The van der Waals surface area contributed by atoms with Crippen LogP contribution in [0.25, 0.3) is 0 Å². The van der Waals surface area contributed by atoms with Gasteiger partial charge in [-0.3, -0.25) is 0 Å². The Hall–Kier alpha value is -1.94. The maximum absolute atomic E-state index is 11.8. The Bertz CT molecular complexity index is 606. The minimum atomic E-state index is -0.268. The standard InChI is InChI=1S/C18H21NO2S/c1-13(2)21-18(20)16-7-3-14(4-8-16)11-22-12-15-5-9-17(19)10-6-15/h3-10,13H,11-12,19H2,1-2H3. The molecule has 2 aromatic rings. The van der Waals surface area contributed by atoms with Gasteiger partial charge in [0.1, 0.15) is 0 Å². The number of thioether (sulfide) groups is 1. The first-order valence-electron chi connectivity index (χ1n) is 7.26. The number of nitrogen functional groups attached to an aromatic ring is 1. The Morgan fingerprint density at radius 1 is 1.00 bits per heavy atom. The van der Waals surface area contributed by atoms with E-state index in [-0.39, 0.29) is 12.1 Å². The Morgan fingerprint density at radius 3 is 2.00 bits per heavy atom. The fourth-order valence-electron chi connectivity index (χ4n) is 1.92. The van der Waals surface area contributed by atoms with Crippen molar-refractivity contribution in [1.82, 2.24) is 0 Å². The first-order chi connectivity index (χ1) is 10.5. The number of hydrogen-bond acceptors (Lipinski definition) is 4. The smallest absolute Gasteiger partial charge is 0.338 e. The highest BCUT2D eigenvalue weighted by atomic mass is 32.2. The van der Waals surface area contributed by atoms with Crippen molar-refractivity contribution >= 4 is 23.4 Å². The van der Waals surface area contributed by atoms with Crippen molar-refractivity contribution in [3.63, 3.8) is 0 Å². The molecular weight excluding hydrogens is 294 g/mol. The number of benzene rings is 2. The van der Waals surface area contributed by atoms with Crippen LogP contribution >= 0.6 is 11.8 Å². The summed E-state index contributed by atoms with van der Waals surface area (Å²) in [5, 5.41) is 0. The zero-order chi connectivity index (χ0) is 15.9. The molecule has 0 aromatic heterocycles. The number of carbonyl (C=O) groups excluding carboxylic acids is 1. The van der Waals surface area contributed by atoms with Crippen LogP contribution in [0.2, 0.25) is 0 Å². The van der Waals surface area contributed by atoms with E-state index in [1.54, 1.807) is 0 Å². The van der Waals surface area contributed by atoms with Crippen LogP contribution in [0, 0.1) is 0 Å². The third kappa shape index (κ3) is 5.11. The second kappa shape index (κ2) is 7.90. The Morgan fingerprint density at radius 2 is 1.50 bits per heavy atom. The van der Waals surface area contributed by atoms with Gasteiger partial charge in [0.15, 0.2) is 0 Å². The molecule has 0 saturated heterocycles. The summed E-state index contributed by atoms with van der Waals surface area (Å²) in [4.78, 5) is 11.8. The van der Waals surface area contributed by atoms with E-state index in [9.17, 15) is 4.79 Å². The van der Waals surface area contributed by atoms with Crippen LogP contribution in [0.15, 0.2) is 48.5 Å². The molecule has 0 fully saturated rings. The largest absolute Gasteiger partial charge is 0.459 e. The van der Waals surface area contributed by atoms with Gasteiger partial charge in [-0.05, 0) is 49.2 Å². The zero-order valence-corrected chi connectivity index (χ0v) is 13.7. The van der Waals surface area contributed by atoms with Crippen LogP contribution < -0.4 is 5.73 Å². The van der Waals surface area contributed by atoms with Gasteiger partial charge in [-0.25, -0.2) is 4.79 Å². The van der Waals surface area contributed by atoms with Gasteiger partial charge in [0.25, 0.3) is 0 Å². The highest BCUT2D eigenvalue weighted by Crippen LogP contribution is 2.19. The number of nitrogens with two attached hydrogens (primary N) is 1. The third-order valence-corrected chi connectivity index (χ3v) is 4.12. The van der Waals surface area contributed by atoms with Gasteiger partial charge in [-0.2, -0.15) is 11.8 Å². The molecule has 0 spiro atoms. The molecule has 0 radical (unpaired) electrons. The topological polar surface area (TPSA) is 52.3 Å². The summed E-state index contributed by atoms with van der Waals surface area (Å²) in [7, 11) is 0. The molecule has 116 valence electrons. The van der Waals surface area contributed by atoms with Crippen molar-refractivity contribution in [2.24, 2.45) is 0 Å². The highest BCUT2D eigenvalue weighted by Gasteiger charge is 2.08. The molecule has 2 aromatic carbocycles. The number of esters is 1.